The summed E-state index contributed by atoms with van der Waals surface area (Å²) in [5.74, 6) is 0.603. The van der Waals surface area contributed by atoms with Crippen molar-refractivity contribution < 1.29 is 9.94 Å². The van der Waals surface area contributed by atoms with Gasteiger partial charge in [0.25, 0.3) is 0 Å². The van der Waals surface area contributed by atoms with E-state index in [4.69, 9.17) is 15.7 Å². The number of ether oxygens (including phenoxy) is 1. The molecule has 0 amide bonds. The van der Waals surface area contributed by atoms with Crippen LogP contribution in [-0.4, -0.2) is 23.8 Å². The lowest BCUT2D eigenvalue weighted by Gasteiger charge is -2.23. The molecule has 0 saturated heterocycles. The van der Waals surface area contributed by atoms with Crippen LogP contribution in [0.15, 0.2) is 71.4 Å². The van der Waals surface area contributed by atoms with Gasteiger partial charge in [0, 0.05) is 5.56 Å². The number of benzene rings is 2. The molecule has 29 heavy (non-hydrogen) atoms. The summed E-state index contributed by atoms with van der Waals surface area (Å²) >= 11 is 0. The zero-order valence-corrected chi connectivity index (χ0v) is 17.4. The molecule has 0 radical (unpaired) electrons. The molecular formula is C25H30N2O2. The number of oxime groups is 1. The summed E-state index contributed by atoms with van der Waals surface area (Å²) in [6, 6.07) is 16.3. The minimum absolute atomic E-state index is 0.0895. The molecule has 2 aromatic rings. The third-order valence-electron chi connectivity index (χ3n) is 5.26. The molecule has 0 bridgehead atoms. The van der Waals surface area contributed by atoms with Gasteiger partial charge >= 0.3 is 0 Å². The highest BCUT2D eigenvalue weighted by atomic mass is 16.5. The minimum atomic E-state index is 0.0895. The standard InChI is InChI=1S/C25H30N2O2/c1-17(2)23-6-4-5-7-24(23)21-14-18(3)15-22(16-21)29-13-12-19-8-10-20(11-9-19)25(26)27-28/h4-11,14,16-17,22,28H,12-13,15H2,1-3H3,(H2,26,27). The van der Waals surface area contributed by atoms with Gasteiger partial charge in [0.05, 0.1) is 12.7 Å². The molecule has 152 valence electrons. The lowest BCUT2D eigenvalue weighted by molar-refractivity contribution is 0.0876. The van der Waals surface area contributed by atoms with Crippen LogP contribution in [0.2, 0.25) is 0 Å². The average molecular weight is 391 g/mol. The van der Waals surface area contributed by atoms with E-state index >= 15 is 0 Å². The Hall–Kier alpha value is -2.85. The molecule has 1 aliphatic rings. The summed E-state index contributed by atoms with van der Waals surface area (Å²) in [6.45, 7) is 7.29. The molecule has 0 spiro atoms. The van der Waals surface area contributed by atoms with Crippen molar-refractivity contribution in [3.05, 3.63) is 88.5 Å². The van der Waals surface area contributed by atoms with Crippen molar-refractivity contribution in [1.82, 2.24) is 0 Å². The van der Waals surface area contributed by atoms with Crippen molar-refractivity contribution in [3.8, 4) is 0 Å². The summed E-state index contributed by atoms with van der Waals surface area (Å²) in [6.07, 6.45) is 6.38. The smallest absolute Gasteiger partial charge is 0.170 e. The van der Waals surface area contributed by atoms with Crippen molar-refractivity contribution in [1.29, 1.82) is 0 Å². The molecule has 4 nitrogen and oxygen atoms in total. The third kappa shape index (κ3) is 5.36. The first-order chi connectivity index (χ1) is 14.0. The first-order valence-electron chi connectivity index (χ1n) is 10.1. The maximum Gasteiger partial charge on any atom is 0.170 e. The Morgan fingerprint density at radius 1 is 1.17 bits per heavy atom. The van der Waals surface area contributed by atoms with E-state index in [0.29, 0.717) is 18.1 Å². The van der Waals surface area contributed by atoms with Crippen molar-refractivity contribution in [2.45, 2.75) is 45.6 Å². The number of hydrogen-bond acceptors (Lipinski definition) is 3. The van der Waals surface area contributed by atoms with Gasteiger partial charge in [-0.3, -0.25) is 0 Å². The molecule has 0 fully saturated rings. The van der Waals surface area contributed by atoms with Gasteiger partial charge in [0.15, 0.2) is 5.84 Å². The van der Waals surface area contributed by atoms with E-state index in [1.807, 2.05) is 24.3 Å². The highest BCUT2D eigenvalue weighted by molar-refractivity contribution is 5.96. The monoisotopic (exact) mass is 390 g/mol. The van der Waals surface area contributed by atoms with Crippen LogP contribution in [0.5, 0.6) is 0 Å². The average Bonchev–Trinajstić information content (AvgIpc) is 2.73. The third-order valence-corrected chi connectivity index (χ3v) is 5.26. The Kier molecular flexibility index (Phi) is 6.89. The number of allylic oxidation sites excluding steroid dienone is 2. The van der Waals surface area contributed by atoms with Crippen LogP contribution in [-0.2, 0) is 11.2 Å². The second-order valence-electron chi connectivity index (χ2n) is 7.90. The van der Waals surface area contributed by atoms with Crippen molar-refractivity contribution in [2.24, 2.45) is 10.9 Å². The van der Waals surface area contributed by atoms with E-state index in [2.05, 4.69) is 62.3 Å². The SMILES string of the molecule is CC1=CC(c2ccccc2C(C)C)=CC(OCCc2ccc(/C(N)=N/O)cc2)C1. The first kappa shape index (κ1) is 20.9. The van der Waals surface area contributed by atoms with E-state index in [0.717, 1.165) is 18.4 Å². The van der Waals surface area contributed by atoms with E-state index in [1.54, 1.807) is 0 Å². The zero-order valence-electron chi connectivity index (χ0n) is 17.4. The van der Waals surface area contributed by atoms with Gasteiger partial charge in [-0.2, -0.15) is 0 Å². The maximum atomic E-state index is 8.75. The predicted octanol–water partition coefficient (Wildman–Crippen LogP) is 5.27. The molecule has 4 heteroatoms. The van der Waals surface area contributed by atoms with Crippen molar-refractivity contribution in [3.63, 3.8) is 0 Å². The normalized spacial score (nSPS) is 17.2. The topological polar surface area (TPSA) is 67.8 Å². The molecule has 0 heterocycles. The number of rotatable bonds is 7. The van der Waals surface area contributed by atoms with Gasteiger partial charge in [-0.05, 0) is 54.0 Å². The Morgan fingerprint density at radius 2 is 1.90 bits per heavy atom. The summed E-state index contributed by atoms with van der Waals surface area (Å²) in [5.41, 5.74) is 12.7. The molecule has 3 N–H and O–H groups in total. The van der Waals surface area contributed by atoms with E-state index in [1.165, 1.54) is 22.3 Å². The van der Waals surface area contributed by atoms with E-state index in [-0.39, 0.29) is 11.9 Å². The van der Waals surface area contributed by atoms with Gasteiger partial charge in [-0.15, -0.1) is 0 Å². The van der Waals surface area contributed by atoms with Gasteiger partial charge in [-0.25, -0.2) is 0 Å². The zero-order chi connectivity index (χ0) is 20.8. The lowest BCUT2D eigenvalue weighted by Crippen LogP contribution is -2.16. The highest BCUT2D eigenvalue weighted by Crippen LogP contribution is 2.31. The predicted molar refractivity (Wildman–Crippen MR) is 119 cm³/mol. The Bertz CT molecular complexity index is 924. The van der Waals surface area contributed by atoms with Gasteiger partial charge in [0.1, 0.15) is 0 Å². The van der Waals surface area contributed by atoms with Crippen LogP contribution in [0.1, 0.15) is 55.4 Å². The van der Waals surface area contributed by atoms with E-state index in [9.17, 15) is 0 Å². The maximum absolute atomic E-state index is 8.75. The van der Waals surface area contributed by atoms with Crippen LogP contribution in [0.3, 0.4) is 0 Å². The largest absolute Gasteiger partial charge is 0.409 e. The number of amidine groups is 1. The quantitative estimate of drug-likeness (QED) is 0.293. The Labute approximate surface area is 173 Å². The molecule has 3 rings (SSSR count). The molecular weight excluding hydrogens is 360 g/mol. The first-order valence-corrected chi connectivity index (χ1v) is 10.1. The second kappa shape index (κ2) is 9.57. The second-order valence-corrected chi connectivity index (χ2v) is 7.90. The molecule has 1 unspecified atom stereocenters. The number of nitrogens with two attached hydrogens (primary N) is 1. The van der Waals surface area contributed by atoms with Gasteiger partial charge in [0.2, 0.25) is 0 Å². The van der Waals surface area contributed by atoms with Crippen molar-refractivity contribution in [2.75, 3.05) is 6.61 Å². The summed E-state index contributed by atoms with van der Waals surface area (Å²) in [7, 11) is 0. The highest BCUT2D eigenvalue weighted by Gasteiger charge is 2.17. The lowest BCUT2D eigenvalue weighted by atomic mass is 9.88. The van der Waals surface area contributed by atoms with Crippen LogP contribution in [0, 0.1) is 0 Å². The van der Waals surface area contributed by atoms with Gasteiger partial charge in [-0.1, -0.05) is 79.2 Å². The minimum Gasteiger partial charge on any atom is -0.409 e. The summed E-state index contributed by atoms with van der Waals surface area (Å²) in [5, 5.41) is 11.8. The molecule has 0 aliphatic heterocycles. The van der Waals surface area contributed by atoms with E-state index < -0.39 is 0 Å². The fourth-order valence-electron chi connectivity index (χ4n) is 3.72. The summed E-state index contributed by atoms with van der Waals surface area (Å²) < 4.78 is 6.20. The van der Waals surface area contributed by atoms with Gasteiger partial charge < -0.3 is 15.7 Å². The number of nitrogens with zero attached hydrogens (tertiary/aromatic N) is 1. The molecule has 2 aromatic carbocycles. The molecule has 1 atom stereocenters. The van der Waals surface area contributed by atoms with Crippen molar-refractivity contribution >= 4 is 11.4 Å². The number of hydrogen-bond donors (Lipinski definition) is 2. The molecule has 0 aromatic heterocycles. The fourth-order valence-corrected chi connectivity index (χ4v) is 3.72. The molecule has 0 saturated carbocycles. The Morgan fingerprint density at radius 3 is 2.59 bits per heavy atom. The van der Waals surface area contributed by atoms with Crippen LogP contribution in [0.25, 0.3) is 5.57 Å². The Balaban J connectivity index is 1.65. The van der Waals surface area contributed by atoms with Crippen LogP contribution < -0.4 is 5.73 Å². The van der Waals surface area contributed by atoms with Crippen LogP contribution >= 0.6 is 0 Å². The fraction of sp³-hybridized carbons (Fsp3) is 0.320. The molecule has 1 aliphatic carbocycles. The van der Waals surface area contributed by atoms with Crippen LogP contribution in [0.4, 0.5) is 0 Å². The summed E-state index contributed by atoms with van der Waals surface area (Å²) in [4.78, 5) is 0.